The van der Waals surface area contributed by atoms with Gasteiger partial charge in [-0.25, -0.2) is 9.37 Å². The van der Waals surface area contributed by atoms with E-state index in [0.29, 0.717) is 22.1 Å². The maximum atomic E-state index is 13.3. The van der Waals surface area contributed by atoms with Crippen LogP contribution >= 0.6 is 11.3 Å². The number of ketones is 1. The number of benzene rings is 2. The number of nitrogen functional groups attached to an aromatic ring is 1. The Morgan fingerprint density at radius 3 is 2.31 bits per heavy atom. The van der Waals surface area contributed by atoms with E-state index in [4.69, 9.17) is 16.2 Å². The normalized spacial score (nSPS) is 11.7. The van der Waals surface area contributed by atoms with Gasteiger partial charge in [0.05, 0.1) is 7.11 Å². The van der Waals surface area contributed by atoms with E-state index >= 15 is 0 Å². The van der Waals surface area contributed by atoms with Crippen LogP contribution in [-0.4, -0.2) is 29.8 Å². The van der Waals surface area contributed by atoms with Crippen LogP contribution in [0.15, 0.2) is 48.5 Å². The standard InChI is InChI=1S/C20H19FN4O3S/c1-11(19(23)27)25(14-7-5-13(21)6-8-14)20-24-18(22)17(29-20)16(26)12-3-9-15(28-2)10-4-12/h3-11H,22H2,1-2H3,(H2,23,27). The predicted molar refractivity (Wildman–Crippen MR) is 110 cm³/mol. The van der Waals surface area contributed by atoms with Crippen LogP contribution in [-0.2, 0) is 4.79 Å². The summed E-state index contributed by atoms with van der Waals surface area (Å²) in [5, 5.41) is 0.303. The Bertz CT molecular complexity index is 1030. The largest absolute Gasteiger partial charge is 0.497 e. The van der Waals surface area contributed by atoms with Gasteiger partial charge in [0.15, 0.2) is 5.13 Å². The van der Waals surface area contributed by atoms with Crippen LogP contribution in [0.2, 0.25) is 0 Å². The van der Waals surface area contributed by atoms with Crippen molar-refractivity contribution in [3.05, 3.63) is 64.8 Å². The lowest BCUT2D eigenvalue weighted by Gasteiger charge is -2.26. The summed E-state index contributed by atoms with van der Waals surface area (Å²) < 4.78 is 18.4. The summed E-state index contributed by atoms with van der Waals surface area (Å²) in [7, 11) is 1.54. The molecule has 150 valence electrons. The third-order valence-corrected chi connectivity index (χ3v) is 5.38. The molecule has 0 saturated heterocycles. The van der Waals surface area contributed by atoms with Crippen molar-refractivity contribution in [2.45, 2.75) is 13.0 Å². The first kappa shape index (κ1) is 20.3. The van der Waals surface area contributed by atoms with Crippen LogP contribution in [0.25, 0.3) is 0 Å². The average molecular weight is 414 g/mol. The fourth-order valence-corrected chi connectivity index (χ4v) is 3.74. The third kappa shape index (κ3) is 4.19. The number of amides is 1. The number of methoxy groups -OCH3 is 1. The second-order valence-electron chi connectivity index (χ2n) is 6.19. The molecule has 0 fully saturated rings. The number of hydrogen-bond donors (Lipinski definition) is 2. The first-order valence-electron chi connectivity index (χ1n) is 8.61. The molecular formula is C20H19FN4O3S. The Hall–Kier alpha value is -3.46. The molecule has 0 saturated carbocycles. The van der Waals surface area contributed by atoms with Gasteiger partial charge in [-0.3, -0.25) is 9.59 Å². The summed E-state index contributed by atoms with van der Waals surface area (Å²) in [6, 6.07) is 11.3. The second kappa shape index (κ2) is 8.27. The number of ether oxygens (including phenoxy) is 1. The highest BCUT2D eigenvalue weighted by molar-refractivity contribution is 7.18. The number of halogens is 1. The molecule has 1 amide bonds. The van der Waals surface area contributed by atoms with Gasteiger partial charge >= 0.3 is 0 Å². The molecule has 0 aliphatic rings. The van der Waals surface area contributed by atoms with Gasteiger partial charge in [0.25, 0.3) is 0 Å². The SMILES string of the molecule is COc1ccc(C(=O)c2sc(N(c3ccc(F)cc3)C(C)C(N)=O)nc2N)cc1. The van der Waals surface area contributed by atoms with Crippen molar-refractivity contribution in [3.63, 3.8) is 0 Å². The first-order chi connectivity index (χ1) is 13.8. The lowest BCUT2D eigenvalue weighted by molar-refractivity contribution is -0.118. The molecule has 0 aliphatic heterocycles. The van der Waals surface area contributed by atoms with E-state index in [9.17, 15) is 14.0 Å². The Kier molecular flexibility index (Phi) is 5.79. The van der Waals surface area contributed by atoms with Crippen molar-refractivity contribution in [2.24, 2.45) is 5.73 Å². The molecule has 1 atom stereocenters. The van der Waals surface area contributed by atoms with Gasteiger partial charge in [0.2, 0.25) is 11.7 Å². The molecule has 1 heterocycles. The van der Waals surface area contributed by atoms with Gasteiger partial charge < -0.3 is 21.1 Å². The van der Waals surface area contributed by atoms with Crippen molar-refractivity contribution in [3.8, 4) is 5.75 Å². The maximum absolute atomic E-state index is 13.3. The van der Waals surface area contributed by atoms with Gasteiger partial charge in [-0.1, -0.05) is 11.3 Å². The fraction of sp³-hybridized carbons (Fsp3) is 0.150. The van der Waals surface area contributed by atoms with Crippen LogP contribution < -0.4 is 21.1 Å². The molecule has 3 rings (SSSR count). The van der Waals surface area contributed by atoms with Crippen LogP contribution in [0, 0.1) is 5.82 Å². The third-order valence-electron chi connectivity index (χ3n) is 4.31. The smallest absolute Gasteiger partial charge is 0.240 e. The molecule has 1 aromatic heterocycles. The van der Waals surface area contributed by atoms with Gasteiger partial charge in [-0.05, 0) is 55.5 Å². The quantitative estimate of drug-likeness (QED) is 0.575. The number of hydrogen-bond acceptors (Lipinski definition) is 7. The summed E-state index contributed by atoms with van der Waals surface area (Å²) in [4.78, 5) is 30.7. The number of carbonyl (C=O) groups is 2. The number of anilines is 3. The predicted octanol–water partition coefficient (Wildman–Crippen LogP) is 3.12. The number of aromatic nitrogens is 1. The summed E-state index contributed by atoms with van der Waals surface area (Å²) in [5.74, 6) is -0.674. The van der Waals surface area contributed by atoms with Crippen LogP contribution in [0.4, 0.5) is 21.0 Å². The molecule has 4 N–H and O–H groups in total. The molecule has 3 aromatic rings. The number of nitrogens with zero attached hydrogens (tertiary/aromatic N) is 2. The van der Waals surface area contributed by atoms with Crippen molar-refractivity contribution in [1.29, 1.82) is 0 Å². The first-order valence-corrected chi connectivity index (χ1v) is 9.42. The van der Waals surface area contributed by atoms with Crippen LogP contribution in [0.5, 0.6) is 5.75 Å². The highest BCUT2D eigenvalue weighted by Crippen LogP contribution is 2.36. The summed E-state index contributed by atoms with van der Waals surface area (Å²) in [6.07, 6.45) is 0. The van der Waals surface area contributed by atoms with Gasteiger partial charge in [-0.2, -0.15) is 0 Å². The highest BCUT2D eigenvalue weighted by Gasteiger charge is 2.27. The Morgan fingerprint density at radius 2 is 1.76 bits per heavy atom. The van der Waals surface area contributed by atoms with E-state index in [1.807, 2.05) is 0 Å². The molecule has 0 aliphatic carbocycles. The summed E-state index contributed by atoms with van der Waals surface area (Å²) >= 11 is 1.03. The highest BCUT2D eigenvalue weighted by atomic mass is 32.1. The van der Waals surface area contributed by atoms with Crippen LogP contribution in [0.3, 0.4) is 0 Å². The summed E-state index contributed by atoms with van der Waals surface area (Å²) in [6.45, 7) is 1.59. The number of rotatable bonds is 7. The molecule has 2 aromatic carbocycles. The van der Waals surface area contributed by atoms with E-state index < -0.39 is 17.8 Å². The number of thiazole rings is 1. The topological polar surface area (TPSA) is 112 Å². The number of primary amides is 1. The van der Waals surface area contributed by atoms with E-state index in [1.54, 1.807) is 31.2 Å². The molecular weight excluding hydrogens is 395 g/mol. The van der Waals surface area contributed by atoms with Gasteiger partial charge in [-0.15, -0.1) is 0 Å². The van der Waals surface area contributed by atoms with Crippen molar-refractivity contribution >= 4 is 39.7 Å². The zero-order valence-electron chi connectivity index (χ0n) is 15.8. The molecule has 0 spiro atoms. The van der Waals surface area contributed by atoms with Gasteiger partial charge in [0, 0.05) is 11.3 Å². The minimum atomic E-state index is -0.796. The lowest BCUT2D eigenvalue weighted by atomic mass is 10.1. The van der Waals surface area contributed by atoms with Crippen molar-refractivity contribution < 1.29 is 18.7 Å². The summed E-state index contributed by atoms with van der Waals surface area (Å²) in [5.41, 5.74) is 12.4. The molecule has 29 heavy (non-hydrogen) atoms. The Labute approximate surface area is 170 Å². The molecule has 9 heteroatoms. The number of nitrogens with two attached hydrogens (primary N) is 2. The molecule has 0 bridgehead atoms. The average Bonchev–Trinajstić information content (AvgIpc) is 3.10. The number of carbonyl (C=O) groups excluding carboxylic acids is 2. The monoisotopic (exact) mass is 414 g/mol. The van der Waals surface area contributed by atoms with Crippen molar-refractivity contribution in [1.82, 2.24) is 4.98 Å². The zero-order valence-corrected chi connectivity index (χ0v) is 16.6. The molecule has 0 radical (unpaired) electrons. The van der Waals surface area contributed by atoms with Crippen molar-refractivity contribution in [2.75, 3.05) is 17.7 Å². The Morgan fingerprint density at radius 1 is 1.14 bits per heavy atom. The lowest BCUT2D eigenvalue weighted by Crippen LogP contribution is -2.39. The van der Waals surface area contributed by atoms with E-state index in [1.165, 1.54) is 36.3 Å². The van der Waals surface area contributed by atoms with E-state index in [2.05, 4.69) is 4.98 Å². The minimum absolute atomic E-state index is 0.0367. The maximum Gasteiger partial charge on any atom is 0.240 e. The zero-order chi connectivity index (χ0) is 21.1. The minimum Gasteiger partial charge on any atom is -0.497 e. The molecule has 7 nitrogen and oxygen atoms in total. The van der Waals surface area contributed by atoms with Gasteiger partial charge in [0.1, 0.15) is 28.3 Å². The fourth-order valence-electron chi connectivity index (χ4n) is 2.69. The molecule has 1 unspecified atom stereocenters. The van der Waals surface area contributed by atoms with E-state index in [0.717, 1.165) is 11.3 Å². The Balaban J connectivity index is 2.01. The second-order valence-corrected chi connectivity index (χ2v) is 7.17. The van der Waals surface area contributed by atoms with E-state index in [-0.39, 0.29) is 16.5 Å². The van der Waals surface area contributed by atoms with Crippen LogP contribution in [0.1, 0.15) is 22.2 Å².